The maximum absolute atomic E-state index is 10.7. The number of likely N-dealkylation sites (tertiary alicyclic amines) is 1. The highest BCUT2D eigenvalue weighted by molar-refractivity contribution is 7.85. The lowest BCUT2D eigenvalue weighted by molar-refractivity contribution is -0.00339. The Kier molecular flexibility index (Phi) is 8.80. The molecule has 0 saturated carbocycles. The van der Waals surface area contributed by atoms with E-state index >= 15 is 0 Å². The van der Waals surface area contributed by atoms with E-state index in [1.807, 2.05) is 6.92 Å². The second-order valence-electron chi connectivity index (χ2n) is 9.88. The van der Waals surface area contributed by atoms with E-state index in [1.54, 1.807) is 12.1 Å². The summed E-state index contributed by atoms with van der Waals surface area (Å²) in [6, 6.07) is 38.1. The van der Waals surface area contributed by atoms with Crippen LogP contribution < -0.4 is 0 Å². The number of aryl methyl sites for hydroxylation is 1. The number of aliphatic hydroxyl groups is 1. The molecule has 1 saturated heterocycles. The largest absolute Gasteiger partial charge is 0.392 e. The Morgan fingerprint density at radius 1 is 0.737 bits per heavy atom. The lowest BCUT2D eigenvalue weighted by Crippen LogP contribution is -2.55. The molecule has 38 heavy (non-hydrogen) atoms. The van der Waals surface area contributed by atoms with E-state index in [9.17, 15) is 13.5 Å². The van der Waals surface area contributed by atoms with E-state index in [-0.39, 0.29) is 11.0 Å². The number of nitrogens with zero attached hydrogens (tertiary/aromatic N) is 1. The monoisotopic (exact) mass is 529 g/mol. The summed E-state index contributed by atoms with van der Waals surface area (Å²) in [6.07, 6.45) is 0.685. The molecule has 2 unspecified atom stereocenters. The molecule has 1 heterocycles. The fourth-order valence-corrected chi connectivity index (χ4v) is 5.63. The number of rotatable bonds is 5. The van der Waals surface area contributed by atoms with Crippen molar-refractivity contribution < 1.29 is 18.1 Å². The van der Waals surface area contributed by atoms with E-state index in [2.05, 4.69) is 103 Å². The Hall–Kier alpha value is -3.29. The molecule has 0 aromatic heterocycles. The van der Waals surface area contributed by atoms with E-state index < -0.39 is 15.7 Å². The van der Waals surface area contributed by atoms with E-state index in [4.69, 9.17) is 4.55 Å². The maximum atomic E-state index is 10.7. The molecule has 1 aliphatic rings. The number of β-amino-alcohol motifs (C(OH)–C–C–N with tert-alkyl or cyclic N) is 1. The molecule has 4 aromatic carbocycles. The predicted octanol–water partition coefficient (Wildman–Crippen LogP) is 5.92. The van der Waals surface area contributed by atoms with Gasteiger partial charge in [-0.2, -0.15) is 8.42 Å². The summed E-state index contributed by atoms with van der Waals surface area (Å²) >= 11 is 0. The van der Waals surface area contributed by atoms with Crippen LogP contribution in [0.3, 0.4) is 0 Å². The highest BCUT2D eigenvalue weighted by Gasteiger charge is 2.44. The standard InChI is InChI=1S/C25H27NO.C7H8O3S/c1-20-17-18-26(19-24(20)27)25(21-11-5-2-6-12-21,22-13-7-3-8-14-22)23-15-9-4-10-16-23;1-6-2-4-7(5-3-6)11(8,9)10/h2-16,20,24,27H,17-19H2,1H3;2-5H,1H3,(H,8,9,10). The molecule has 198 valence electrons. The predicted molar refractivity (Wildman–Crippen MR) is 152 cm³/mol. The van der Waals surface area contributed by atoms with Crippen molar-refractivity contribution >= 4 is 10.1 Å². The summed E-state index contributed by atoms with van der Waals surface area (Å²) in [5.41, 5.74) is 4.26. The minimum absolute atomic E-state index is 0.0666. The van der Waals surface area contributed by atoms with Gasteiger partial charge in [-0.25, -0.2) is 0 Å². The SMILES string of the molecule is CC1CCN(C(c2ccccc2)(c2ccccc2)c2ccccc2)CC1O.Cc1ccc(S(=O)(=O)O)cc1. The van der Waals surface area contributed by atoms with Crippen molar-refractivity contribution in [3.8, 4) is 0 Å². The normalized spacial score (nSPS) is 18.3. The van der Waals surface area contributed by atoms with Crippen molar-refractivity contribution in [2.24, 2.45) is 5.92 Å². The molecule has 0 aliphatic carbocycles. The number of benzene rings is 4. The third-order valence-electron chi connectivity index (χ3n) is 7.29. The highest BCUT2D eigenvalue weighted by Crippen LogP contribution is 2.44. The molecule has 0 bridgehead atoms. The average Bonchev–Trinajstić information content (AvgIpc) is 2.93. The summed E-state index contributed by atoms with van der Waals surface area (Å²) in [5.74, 6) is 0.335. The lowest BCUT2D eigenvalue weighted by atomic mass is 9.74. The van der Waals surface area contributed by atoms with Gasteiger partial charge >= 0.3 is 0 Å². The van der Waals surface area contributed by atoms with Gasteiger partial charge in [-0.1, -0.05) is 116 Å². The number of hydrogen-bond donors (Lipinski definition) is 2. The first-order chi connectivity index (χ1) is 18.2. The van der Waals surface area contributed by atoms with Gasteiger partial charge in [-0.05, 0) is 48.1 Å². The first-order valence-electron chi connectivity index (χ1n) is 12.9. The third kappa shape index (κ3) is 6.05. The molecule has 2 N–H and O–H groups in total. The first-order valence-corrected chi connectivity index (χ1v) is 14.3. The van der Waals surface area contributed by atoms with Crippen molar-refractivity contribution in [2.75, 3.05) is 13.1 Å². The third-order valence-corrected chi connectivity index (χ3v) is 8.15. The van der Waals surface area contributed by atoms with Crippen LogP contribution >= 0.6 is 0 Å². The number of aliphatic hydroxyl groups excluding tert-OH is 1. The zero-order valence-corrected chi connectivity index (χ0v) is 22.6. The van der Waals surface area contributed by atoms with Crippen molar-refractivity contribution in [3.63, 3.8) is 0 Å². The van der Waals surface area contributed by atoms with Crippen LogP contribution in [0.1, 0.15) is 35.6 Å². The molecular formula is C32H35NO4S. The van der Waals surface area contributed by atoms with Gasteiger partial charge in [0.15, 0.2) is 0 Å². The Morgan fingerprint density at radius 3 is 1.53 bits per heavy atom. The topological polar surface area (TPSA) is 77.8 Å². The van der Waals surface area contributed by atoms with Crippen molar-refractivity contribution in [3.05, 3.63) is 138 Å². The summed E-state index contributed by atoms with van der Waals surface area (Å²) in [7, 11) is -4.02. The molecule has 0 spiro atoms. The highest BCUT2D eigenvalue weighted by atomic mass is 32.2. The summed E-state index contributed by atoms with van der Waals surface area (Å²) in [6.45, 7) is 5.61. The second kappa shape index (κ2) is 12.0. The van der Waals surface area contributed by atoms with Crippen molar-refractivity contribution in [1.82, 2.24) is 4.90 Å². The number of hydrogen-bond acceptors (Lipinski definition) is 4. The van der Waals surface area contributed by atoms with Gasteiger partial charge in [0, 0.05) is 13.1 Å². The van der Waals surface area contributed by atoms with Crippen LogP contribution in [0.2, 0.25) is 0 Å². The molecule has 6 heteroatoms. The van der Waals surface area contributed by atoms with E-state index in [1.165, 1.54) is 28.8 Å². The van der Waals surface area contributed by atoms with Crippen LogP contribution in [0, 0.1) is 12.8 Å². The van der Waals surface area contributed by atoms with Crippen LogP contribution in [-0.4, -0.2) is 42.2 Å². The minimum Gasteiger partial charge on any atom is -0.392 e. The molecule has 1 aliphatic heterocycles. The van der Waals surface area contributed by atoms with Gasteiger partial charge in [-0.15, -0.1) is 0 Å². The molecule has 1 fully saturated rings. The fraction of sp³-hybridized carbons (Fsp3) is 0.250. The van der Waals surface area contributed by atoms with Crippen LogP contribution in [0.5, 0.6) is 0 Å². The fourth-order valence-electron chi connectivity index (χ4n) is 5.15. The molecule has 5 nitrogen and oxygen atoms in total. The van der Waals surface area contributed by atoms with Crippen LogP contribution in [-0.2, 0) is 15.7 Å². The molecule has 4 aromatic rings. The molecule has 2 atom stereocenters. The number of piperidine rings is 1. The van der Waals surface area contributed by atoms with Crippen molar-refractivity contribution in [2.45, 2.75) is 36.8 Å². The van der Waals surface area contributed by atoms with Gasteiger partial charge in [0.05, 0.1) is 16.5 Å². The van der Waals surface area contributed by atoms with Gasteiger partial charge < -0.3 is 5.11 Å². The van der Waals surface area contributed by atoms with Gasteiger partial charge in [0.25, 0.3) is 10.1 Å². The lowest BCUT2D eigenvalue weighted by Gasteiger charge is -2.49. The molecule has 0 radical (unpaired) electrons. The molecule has 0 amide bonds. The van der Waals surface area contributed by atoms with Crippen LogP contribution in [0.4, 0.5) is 0 Å². The second-order valence-corrected chi connectivity index (χ2v) is 11.3. The van der Waals surface area contributed by atoms with Crippen LogP contribution in [0.25, 0.3) is 0 Å². The Bertz CT molecular complexity index is 1300. The van der Waals surface area contributed by atoms with Crippen molar-refractivity contribution in [1.29, 1.82) is 0 Å². The molecular weight excluding hydrogens is 494 g/mol. The Balaban J connectivity index is 0.000000257. The van der Waals surface area contributed by atoms with Gasteiger partial charge in [0.1, 0.15) is 0 Å². The summed E-state index contributed by atoms with van der Waals surface area (Å²) < 4.78 is 29.6. The maximum Gasteiger partial charge on any atom is 0.294 e. The van der Waals surface area contributed by atoms with Gasteiger partial charge in [-0.3, -0.25) is 9.45 Å². The van der Waals surface area contributed by atoms with Gasteiger partial charge in [0.2, 0.25) is 0 Å². The van der Waals surface area contributed by atoms with E-state index in [0.29, 0.717) is 12.5 Å². The quantitative estimate of drug-likeness (QED) is 0.248. The molecule has 5 rings (SSSR count). The average molecular weight is 530 g/mol. The van der Waals surface area contributed by atoms with Crippen LogP contribution in [0.15, 0.2) is 120 Å². The van der Waals surface area contributed by atoms with E-state index in [0.717, 1.165) is 18.5 Å². The zero-order valence-electron chi connectivity index (χ0n) is 21.8. The Labute approximate surface area is 226 Å². The first kappa shape index (κ1) is 27.7. The Morgan fingerprint density at radius 2 is 1.16 bits per heavy atom. The smallest absolute Gasteiger partial charge is 0.294 e. The summed E-state index contributed by atoms with van der Waals surface area (Å²) in [5, 5.41) is 10.7. The minimum atomic E-state index is -4.02. The summed E-state index contributed by atoms with van der Waals surface area (Å²) in [4.78, 5) is 2.40. The zero-order chi connectivity index (χ0) is 27.2.